The zero-order chi connectivity index (χ0) is 75.1. The lowest BCUT2D eigenvalue weighted by molar-refractivity contribution is -0.143. The van der Waals surface area contributed by atoms with Crippen molar-refractivity contribution in [3.8, 4) is 46.0 Å². The van der Waals surface area contributed by atoms with Crippen molar-refractivity contribution in [3.05, 3.63) is 93.0 Å². The number of hydrogen-bond donors (Lipinski definition) is 0. The first-order chi connectivity index (χ1) is 50.8. The van der Waals surface area contributed by atoms with Crippen molar-refractivity contribution < 1.29 is 76.0 Å². The van der Waals surface area contributed by atoms with Crippen LogP contribution in [0.2, 0.25) is 0 Å². The van der Waals surface area contributed by atoms with Crippen LogP contribution >= 0.6 is 0 Å². The minimum atomic E-state index is -0.538. The third kappa shape index (κ3) is 29.5. The first-order valence-corrected chi connectivity index (χ1v) is 40.5. The summed E-state index contributed by atoms with van der Waals surface area (Å²) in [6.07, 6.45) is 43.1. The number of unbranched alkanes of at least 4 members (excludes halogenated alkanes) is 32. The van der Waals surface area contributed by atoms with E-state index in [1.54, 1.807) is 28.4 Å². The van der Waals surface area contributed by atoms with Gasteiger partial charge in [0.25, 0.3) is 0 Å². The molecule has 16 nitrogen and oxygen atoms in total. The van der Waals surface area contributed by atoms with Crippen LogP contribution in [-0.2, 0) is 38.1 Å². The van der Waals surface area contributed by atoms with Gasteiger partial charge in [-0.05, 0) is 49.9 Å². The SMILES string of the molecule is CCCCCCCCCCCC1c2cc(c(OCC(=O)OC)cc2OC)C(CCCCCCCCCCC)c2cc(c(OCC(=O)OC)cc2OC)C(CCCCCCCCCCC)c2cc(c(OCC(=O)OC)cc2OC)C(CCCCCCCCCCC)c2cc1c(OCC(=O)OC)cc2OC. The lowest BCUT2D eigenvalue weighted by atomic mass is 9.76. The smallest absolute Gasteiger partial charge is 0.343 e. The highest BCUT2D eigenvalue weighted by Gasteiger charge is 2.36. The van der Waals surface area contributed by atoms with Gasteiger partial charge >= 0.3 is 23.9 Å². The Balaban J connectivity index is 2.06. The standard InChI is InChI=1S/C88H136O16/c1-13-17-21-25-29-33-37-41-45-49-65-69-53-74(82(57-77(69)93-5)102-62-86(90)98-10)67(51-47-43-39-35-31-27-23-19-15-3)71-55-76(84(59-79(71)95-7)104-64-88(92)100-12)68(52-48-44-40-36-32-28-24-20-16-4)72-56-75(83(60-80(72)96-8)103-63-87(91)99-11)66(50-46-42-38-34-30-26-22-18-14-2)70-54-73(65)81(58-78(70)94-6)101-61-85(89)97-9/h53-60,65-68H,13-52,61-64H2,1-12H3. The molecular formula is C88H136O16. The molecule has 0 amide bonds. The van der Waals surface area contributed by atoms with Crippen molar-refractivity contribution in [2.24, 2.45) is 0 Å². The van der Waals surface area contributed by atoms with E-state index in [9.17, 15) is 19.2 Å². The van der Waals surface area contributed by atoms with Crippen molar-refractivity contribution in [1.82, 2.24) is 0 Å². The molecule has 0 spiro atoms. The minimum absolute atomic E-state index is 0.364. The van der Waals surface area contributed by atoms with E-state index < -0.39 is 47.5 Å². The molecule has 0 aliphatic heterocycles. The third-order valence-corrected chi connectivity index (χ3v) is 21.1. The number of ether oxygens (including phenoxy) is 12. The summed E-state index contributed by atoms with van der Waals surface area (Å²) in [5.74, 6) is 0.0517. The summed E-state index contributed by atoms with van der Waals surface area (Å²) in [5.41, 5.74) is 6.71. The van der Waals surface area contributed by atoms with E-state index in [4.69, 9.17) is 56.8 Å². The summed E-state index contributed by atoms with van der Waals surface area (Å²) in [5, 5.41) is 0. The van der Waals surface area contributed by atoms with E-state index in [0.717, 1.165) is 147 Å². The summed E-state index contributed by atoms with van der Waals surface area (Å²) in [7, 11) is 12.1. The summed E-state index contributed by atoms with van der Waals surface area (Å²) in [6.45, 7) is 7.55. The molecule has 0 saturated heterocycles. The van der Waals surface area contributed by atoms with Gasteiger partial charge in [0.15, 0.2) is 26.4 Å². The van der Waals surface area contributed by atoms with Crippen LogP contribution in [0.3, 0.4) is 0 Å². The molecule has 4 unspecified atom stereocenters. The van der Waals surface area contributed by atoms with Gasteiger partial charge in [-0.25, -0.2) is 19.2 Å². The average Bonchev–Trinajstić information content (AvgIpc) is 0.751. The molecule has 0 aromatic heterocycles. The van der Waals surface area contributed by atoms with E-state index in [1.807, 2.05) is 24.3 Å². The van der Waals surface area contributed by atoms with Crippen molar-refractivity contribution >= 4 is 23.9 Å². The van der Waals surface area contributed by atoms with E-state index in [0.29, 0.717) is 71.7 Å². The van der Waals surface area contributed by atoms with Gasteiger partial charge in [-0.2, -0.15) is 0 Å². The molecule has 4 aromatic rings. The van der Waals surface area contributed by atoms with Gasteiger partial charge in [0.2, 0.25) is 0 Å². The highest BCUT2D eigenvalue weighted by molar-refractivity contribution is 5.73. The lowest BCUT2D eigenvalue weighted by Gasteiger charge is -2.32. The number of carbonyl (C=O) groups excluding carboxylic acids is 4. The predicted molar refractivity (Wildman–Crippen MR) is 417 cm³/mol. The van der Waals surface area contributed by atoms with Crippen LogP contribution in [0.1, 0.15) is 353 Å². The summed E-state index contributed by atoms with van der Waals surface area (Å²) >= 11 is 0. The van der Waals surface area contributed by atoms with E-state index in [1.165, 1.54) is 157 Å². The summed E-state index contributed by atoms with van der Waals surface area (Å²) < 4.78 is 74.7. The van der Waals surface area contributed by atoms with E-state index in [2.05, 4.69) is 52.0 Å². The molecule has 0 heterocycles. The van der Waals surface area contributed by atoms with Crippen LogP contribution in [0, 0.1) is 0 Å². The van der Waals surface area contributed by atoms with Crippen LogP contribution < -0.4 is 37.9 Å². The Morgan fingerprint density at radius 1 is 0.221 bits per heavy atom. The van der Waals surface area contributed by atoms with E-state index in [-0.39, 0.29) is 26.4 Å². The monoisotopic (exact) mass is 1450 g/mol. The number of methoxy groups -OCH3 is 8. The quantitative estimate of drug-likeness (QED) is 0.0231. The zero-order valence-corrected chi connectivity index (χ0v) is 66.6. The maximum absolute atomic E-state index is 13.4. The molecule has 0 fully saturated rings. The second-order valence-electron chi connectivity index (χ2n) is 28.7. The maximum Gasteiger partial charge on any atom is 0.343 e. The molecule has 104 heavy (non-hydrogen) atoms. The second kappa shape index (κ2) is 52.2. The van der Waals surface area contributed by atoms with Crippen molar-refractivity contribution in [2.75, 3.05) is 83.3 Å². The van der Waals surface area contributed by atoms with Crippen LogP contribution in [-0.4, -0.2) is 107 Å². The normalized spacial score (nSPS) is 14.7. The molecule has 0 radical (unpaired) electrons. The molecule has 4 atom stereocenters. The van der Waals surface area contributed by atoms with Crippen LogP contribution in [0.5, 0.6) is 46.0 Å². The third-order valence-electron chi connectivity index (χ3n) is 21.1. The first-order valence-electron chi connectivity index (χ1n) is 40.5. The Morgan fingerprint density at radius 2 is 0.375 bits per heavy atom. The van der Waals surface area contributed by atoms with Gasteiger partial charge in [-0.1, -0.05) is 259 Å². The molecule has 4 aromatic carbocycles. The molecule has 16 heteroatoms. The maximum atomic E-state index is 13.4. The Kier molecular flexibility index (Phi) is 44.1. The highest BCUT2D eigenvalue weighted by Crippen LogP contribution is 2.54. The molecule has 0 saturated carbocycles. The molecular weight excluding hydrogens is 1310 g/mol. The Hall–Kier alpha value is -6.84. The summed E-state index contributed by atoms with van der Waals surface area (Å²) in [4.78, 5) is 53.8. The largest absolute Gasteiger partial charge is 0.496 e. The number of carbonyl (C=O) groups is 4. The fourth-order valence-electron chi connectivity index (χ4n) is 15.1. The fourth-order valence-corrected chi connectivity index (χ4v) is 15.1. The van der Waals surface area contributed by atoms with Crippen LogP contribution in [0.4, 0.5) is 0 Å². The minimum Gasteiger partial charge on any atom is -0.496 e. The molecule has 8 bridgehead atoms. The van der Waals surface area contributed by atoms with Crippen LogP contribution in [0.25, 0.3) is 0 Å². The number of fused-ring (bicyclic) bond motifs is 8. The molecule has 0 N–H and O–H groups in total. The Bertz CT molecular complexity index is 2680. The average molecular weight is 1450 g/mol. The van der Waals surface area contributed by atoms with Gasteiger partial charge < -0.3 is 56.8 Å². The molecule has 1 aliphatic rings. The highest BCUT2D eigenvalue weighted by atomic mass is 16.6. The summed E-state index contributed by atoms with van der Waals surface area (Å²) in [6, 6.07) is 16.7. The number of esters is 4. The molecule has 1 aliphatic carbocycles. The topological polar surface area (TPSA) is 179 Å². The van der Waals surface area contributed by atoms with Gasteiger partial charge in [0.1, 0.15) is 46.0 Å². The second-order valence-corrected chi connectivity index (χ2v) is 28.7. The van der Waals surface area contributed by atoms with Crippen molar-refractivity contribution in [2.45, 2.75) is 308 Å². The Labute approximate surface area is 627 Å². The fraction of sp³-hybridized carbons (Fsp3) is 0.682. The zero-order valence-electron chi connectivity index (χ0n) is 66.6. The predicted octanol–water partition coefficient (Wildman–Crippen LogP) is 22.5. The van der Waals surface area contributed by atoms with Crippen LogP contribution in [0.15, 0.2) is 48.5 Å². The molecule has 584 valence electrons. The van der Waals surface area contributed by atoms with Gasteiger partial charge in [0, 0.05) is 92.4 Å². The van der Waals surface area contributed by atoms with E-state index >= 15 is 0 Å². The number of hydrogen-bond acceptors (Lipinski definition) is 16. The molecule has 5 rings (SSSR count). The van der Waals surface area contributed by atoms with Crippen molar-refractivity contribution in [3.63, 3.8) is 0 Å². The number of rotatable bonds is 56. The van der Waals surface area contributed by atoms with Gasteiger partial charge in [-0.3, -0.25) is 0 Å². The van der Waals surface area contributed by atoms with Gasteiger partial charge in [-0.15, -0.1) is 0 Å². The Morgan fingerprint density at radius 3 is 0.529 bits per heavy atom. The lowest BCUT2D eigenvalue weighted by Crippen LogP contribution is -2.19. The first kappa shape index (κ1) is 87.8. The van der Waals surface area contributed by atoms with Gasteiger partial charge in [0.05, 0.1) is 56.9 Å². The van der Waals surface area contributed by atoms with Crippen molar-refractivity contribution in [1.29, 1.82) is 0 Å². The number of benzene rings is 4.